The van der Waals surface area contributed by atoms with Gasteiger partial charge < -0.3 is 9.47 Å². The maximum atomic E-state index is 11.6. The number of fused-ring (bicyclic) bond motifs is 1. The first kappa shape index (κ1) is 14.5. The van der Waals surface area contributed by atoms with Crippen molar-refractivity contribution in [2.45, 2.75) is 26.4 Å². The summed E-state index contributed by atoms with van der Waals surface area (Å²) in [6, 6.07) is 3.53. The van der Waals surface area contributed by atoms with Gasteiger partial charge in [0.25, 0.3) is 0 Å². The average molecular weight is 350 g/mol. The van der Waals surface area contributed by atoms with Gasteiger partial charge in [0, 0.05) is 18.1 Å². The zero-order valence-corrected chi connectivity index (χ0v) is 13.2. The molecule has 1 N–H and O–H groups in total. The van der Waals surface area contributed by atoms with Crippen LogP contribution in [-0.2, 0) is 16.4 Å². The average Bonchev–Trinajstić information content (AvgIpc) is 2.69. The summed E-state index contributed by atoms with van der Waals surface area (Å²) in [4.78, 5) is 0. The molecule has 0 aromatic heterocycles. The van der Waals surface area contributed by atoms with Gasteiger partial charge in [-0.05, 0) is 19.9 Å². The van der Waals surface area contributed by atoms with E-state index in [0.29, 0.717) is 23.8 Å². The molecule has 1 heterocycles. The fraction of sp³-hybridized carbons (Fsp3) is 0.500. The lowest BCUT2D eigenvalue weighted by atomic mass is 10.1. The van der Waals surface area contributed by atoms with Crippen LogP contribution in [0, 0.1) is 0 Å². The number of ether oxygens (including phenoxy) is 2. The quantitative estimate of drug-likeness (QED) is 0.829. The van der Waals surface area contributed by atoms with Gasteiger partial charge in [0.1, 0.15) is 22.3 Å². The number of hydrogen-bond donors (Lipinski definition) is 1. The third-order valence-electron chi connectivity index (χ3n) is 2.71. The van der Waals surface area contributed by atoms with Gasteiger partial charge in [-0.2, -0.15) is 0 Å². The van der Waals surface area contributed by atoms with E-state index in [4.69, 9.17) is 9.47 Å². The smallest absolute Gasteiger partial charge is 0.242 e. The number of hydrogen-bond acceptors (Lipinski definition) is 4. The van der Waals surface area contributed by atoms with Crippen molar-refractivity contribution in [3.05, 3.63) is 17.7 Å². The molecule has 1 unspecified atom stereocenters. The second-order valence-corrected chi connectivity index (χ2v) is 7.37. The van der Waals surface area contributed by atoms with E-state index < -0.39 is 10.0 Å². The van der Waals surface area contributed by atoms with Gasteiger partial charge in [0.15, 0.2) is 0 Å². The topological polar surface area (TPSA) is 64.6 Å². The Hall–Kier alpha value is -0.950. The van der Waals surface area contributed by atoms with Crippen LogP contribution in [0.4, 0.5) is 5.69 Å². The fourth-order valence-corrected chi connectivity index (χ4v) is 2.88. The van der Waals surface area contributed by atoms with Crippen LogP contribution in [0.3, 0.4) is 0 Å². The Morgan fingerprint density at radius 2 is 2.26 bits per heavy atom. The Morgan fingerprint density at radius 1 is 1.53 bits per heavy atom. The van der Waals surface area contributed by atoms with Crippen LogP contribution in [0.15, 0.2) is 12.1 Å². The van der Waals surface area contributed by atoms with Crippen molar-refractivity contribution in [1.82, 2.24) is 0 Å². The summed E-state index contributed by atoms with van der Waals surface area (Å²) in [5, 5.41) is 0. The second kappa shape index (κ2) is 5.58. The van der Waals surface area contributed by atoms with Crippen molar-refractivity contribution >= 4 is 31.6 Å². The number of halogens is 1. The van der Waals surface area contributed by atoms with Gasteiger partial charge in [-0.25, -0.2) is 8.42 Å². The van der Waals surface area contributed by atoms with E-state index >= 15 is 0 Å². The van der Waals surface area contributed by atoms with Crippen LogP contribution >= 0.6 is 15.9 Å². The second-order valence-electron chi connectivity index (χ2n) is 4.35. The highest BCUT2D eigenvalue weighted by Gasteiger charge is 2.23. The summed E-state index contributed by atoms with van der Waals surface area (Å²) >= 11 is 2.94. The van der Waals surface area contributed by atoms with E-state index in [1.54, 1.807) is 6.07 Å². The highest BCUT2D eigenvalue weighted by molar-refractivity contribution is 9.10. The molecule has 7 heteroatoms. The highest BCUT2D eigenvalue weighted by Crippen LogP contribution is 2.38. The Balaban J connectivity index is 2.39. The zero-order chi connectivity index (χ0) is 14.0. The molecule has 0 saturated heterocycles. The van der Waals surface area contributed by atoms with Crippen LogP contribution in [0.2, 0.25) is 0 Å². The normalized spacial score (nSPS) is 17.7. The molecule has 0 fully saturated rings. The zero-order valence-electron chi connectivity index (χ0n) is 10.8. The Labute approximate surface area is 121 Å². The Kier molecular flexibility index (Phi) is 4.25. The molecule has 0 spiro atoms. The Bertz CT molecular complexity index is 573. The van der Waals surface area contributed by atoms with Crippen LogP contribution in [-0.4, -0.2) is 25.8 Å². The van der Waals surface area contributed by atoms with Crippen molar-refractivity contribution in [3.63, 3.8) is 0 Å². The molecule has 2 rings (SSSR count). The molecular weight excluding hydrogens is 334 g/mol. The van der Waals surface area contributed by atoms with E-state index in [-0.39, 0.29) is 10.8 Å². The molecule has 0 aliphatic carbocycles. The van der Waals surface area contributed by atoms with E-state index in [2.05, 4.69) is 20.7 Å². The molecule has 1 atom stereocenters. The molecule has 1 aliphatic rings. The minimum atomic E-state index is -3.41. The molecule has 1 aromatic carbocycles. The number of nitrogens with one attached hydrogen (secondary N) is 1. The molecule has 19 heavy (non-hydrogen) atoms. The molecule has 0 bridgehead atoms. The number of alkyl halides is 1. The first-order valence-corrected chi connectivity index (χ1v) is 8.75. The standard InChI is InChI=1S/C12H16BrNO4S/c1-3-17-12-5-9-4-8(2)18-11(9)6-10(12)14-19(15,16)7-13/h5-6,8,14H,3-4,7H2,1-2H3. The number of rotatable bonds is 5. The fourth-order valence-electron chi connectivity index (χ4n) is 1.99. The maximum Gasteiger partial charge on any atom is 0.242 e. The van der Waals surface area contributed by atoms with Crippen molar-refractivity contribution in [1.29, 1.82) is 0 Å². The molecule has 0 radical (unpaired) electrons. The molecule has 1 aliphatic heterocycles. The van der Waals surface area contributed by atoms with Crippen LogP contribution in [0.1, 0.15) is 19.4 Å². The van der Waals surface area contributed by atoms with Crippen LogP contribution < -0.4 is 14.2 Å². The number of anilines is 1. The lowest BCUT2D eigenvalue weighted by Gasteiger charge is -2.13. The first-order chi connectivity index (χ1) is 8.95. The minimum absolute atomic E-state index is 0.104. The maximum absolute atomic E-state index is 11.6. The predicted octanol–water partition coefficient (Wildman–Crippen LogP) is 2.50. The third-order valence-corrected chi connectivity index (χ3v) is 5.33. The Morgan fingerprint density at radius 3 is 2.89 bits per heavy atom. The lowest BCUT2D eigenvalue weighted by Crippen LogP contribution is -2.14. The van der Waals surface area contributed by atoms with E-state index in [0.717, 1.165) is 12.0 Å². The van der Waals surface area contributed by atoms with E-state index in [1.807, 2.05) is 19.9 Å². The van der Waals surface area contributed by atoms with Gasteiger partial charge in [0.2, 0.25) is 10.0 Å². The number of benzene rings is 1. The molecule has 0 amide bonds. The molecule has 0 saturated carbocycles. The van der Waals surface area contributed by atoms with Crippen molar-refractivity contribution in [2.75, 3.05) is 16.0 Å². The summed E-state index contributed by atoms with van der Waals surface area (Å²) in [7, 11) is -3.41. The van der Waals surface area contributed by atoms with Crippen molar-refractivity contribution in [2.24, 2.45) is 0 Å². The summed E-state index contributed by atoms with van der Waals surface area (Å²) < 4.78 is 36.7. The summed E-state index contributed by atoms with van der Waals surface area (Å²) in [5.74, 6) is 1.24. The van der Waals surface area contributed by atoms with Gasteiger partial charge in [-0.1, -0.05) is 15.9 Å². The lowest BCUT2D eigenvalue weighted by molar-refractivity contribution is 0.254. The van der Waals surface area contributed by atoms with Gasteiger partial charge in [-0.3, -0.25) is 4.72 Å². The summed E-state index contributed by atoms with van der Waals surface area (Å²) in [5.41, 5.74) is 1.45. The molecule has 1 aromatic rings. The van der Waals surface area contributed by atoms with Crippen molar-refractivity contribution in [3.8, 4) is 11.5 Å². The van der Waals surface area contributed by atoms with Gasteiger partial charge in [-0.15, -0.1) is 0 Å². The molecular formula is C12H16BrNO4S. The highest BCUT2D eigenvalue weighted by atomic mass is 79.9. The molecule has 106 valence electrons. The number of sulfonamides is 1. The molecule has 5 nitrogen and oxygen atoms in total. The van der Waals surface area contributed by atoms with Gasteiger partial charge >= 0.3 is 0 Å². The van der Waals surface area contributed by atoms with E-state index in [1.165, 1.54) is 0 Å². The van der Waals surface area contributed by atoms with Crippen LogP contribution in [0.25, 0.3) is 0 Å². The van der Waals surface area contributed by atoms with Gasteiger partial charge in [0.05, 0.1) is 12.3 Å². The first-order valence-electron chi connectivity index (χ1n) is 5.98. The minimum Gasteiger partial charge on any atom is -0.492 e. The summed E-state index contributed by atoms with van der Waals surface area (Å²) in [6.07, 6.45) is 0.911. The third kappa shape index (κ3) is 3.33. The largest absolute Gasteiger partial charge is 0.492 e. The monoisotopic (exact) mass is 349 g/mol. The predicted molar refractivity (Wildman–Crippen MR) is 77.7 cm³/mol. The van der Waals surface area contributed by atoms with E-state index in [9.17, 15) is 8.42 Å². The van der Waals surface area contributed by atoms with Crippen LogP contribution in [0.5, 0.6) is 11.5 Å². The van der Waals surface area contributed by atoms with Crippen molar-refractivity contribution < 1.29 is 17.9 Å². The SMILES string of the molecule is CCOc1cc2c(cc1NS(=O)(=O)CBr)OC(C)C2. The summed E-state index contributed by atoms with van der Waals surface area (Å²) in [6.45, 7) is 4.30.